The summed E-state index contributed by atoms with van der Waals surface area (Å²) in [5.74, 6) is 0. The van der Waals surface area contributed by atoms with Crippen LogP contribution < -0.4 is 5.32 Å². The average molecular weight is 167 g/mol. The molecule has 0 aromatic carbocycles. The number of aryl methyl sites for hydroxylation is 1. The summed E-state index contributed by atoms with van der Waals surface area (Å²) < 4.78 is 1.98. The molecule has 68 valence electrons. The topological polar surface area (TPSA) is 29.9 Å². The number of nitrogens with one attached hydrogen (secondary N) is 1. The Hall–Kier alpha value is -0.830. The van der Waals surface area contributed by atoms with Crippen molar-refractivity contribution >= 4 is 0 Å². The molecule has 0 amide bonds. The van der Waals surface area contributed by atoms with Crippen LogP contribution in [-0.4, -0.2) is 16.1 Å². The zero-order valence-corrected chi connectivity index (χ0v) is 8.04. The van der Waals surface area contributed by atoms with Crippen LogP contribution in [0.5, 0.6) is 0 Å². The van der Waals surface area contributed by atoms with E-state index >= 15 is 0 Å². The van der Waals surface area contributed by atoms with Gasteiger partial charge in [0.1, 0.15) is 0 Å². The van der Waals surface area contributed by atoms with Gasteiger partial charge in [-0.1, -0.05) is 13.8 Å². The Balaban J connectivity index is 2.66. The fraction of sp³-hybridized carbons (Fsp3) is 0.667. The number of imidazole rings is 1. The van der Waals surface area contributed by atoms with Crippen LogP contribution in [0, 0.1) is 0 Å². The predicted octanol–water partition coefficient (Wildman–Crippen LogP) is 1.48. The van der Waals surface area contributed by atoms with E-state index in [1.165, 1.54) is 0 Å². The smallest absolute Gasteiger partial charge is 0.0947 e. The molecule has 12 heavy (non-hydrogen) atoms. The monoisotopic (exact) mass is 167 g/mol. The molecule has 0 aliphatic heterocycles. The van der Waals surface area contributed by atoms with Gasteiger partial charge in [-0.2, -0.15) is 0 Å². The lowest BCUT2D eigenvalue weighted by molar-refractivity contribution is 0.526. The zero-order valence-electron chi connectivity index (χ0n) is 8.04. The molecule has 1 N–H and O–H groups in total. The number of hydrogen-bond donors (Lipinski definition) is 1. The minimum atomic E-state index is 0.413. The first kappa shape index (κ1) is 9.26. The second-order valence-electron chi connectivity index (χ2n) is 2.98. The second kappa shape index (κ2) is 4.26. The maximum atomic E-state index is 4.31. The van der Waals surface area contributed by atoms with Gasteiger partial charge in [-0.25, -0.2) is 4.98 Å². The molecular weight excluding hydrogens is 150 g/mol. The average Bonchev–Trinajstić information content (AvgIpc) is 2.47. The first-order valence-electron chi connectivity index (χ1n) is 4.49. The van der Waals surface area contributed by atoms with Gasteiger partial charge in [-0.3, -0.25) is 0 Å². The van der Waals surface area contributed by atoms with Crippen LogP contribution >= 0.6 is 0 Å². The molecular formula is C9H17N3. The molecule has 3 nitrogen and oxygen atoms in total. The van der Waals surface area contributed by atoms with E-state index in [1.54, 1.807) is 0 Å². The molecule has 0 spiro atoms. The highest BCUT2D eigenvalue weighted by atomic mass is 15.0. The van der Waals surface area contributed by atoms with E-state index in [4.69, 9.17) is 0 Å². The van der Waals surface area contributed by atoms with E-state index < -0.39 is 0 Å². The highest BCUT2D eigenvalue weighted by molar-refractivity contribution is 5.02. The Kier molecular flexibility index (Phi) is 3.29. The summed E-state index contributed by atoms with van der Waals surface area (Å²) in [7, 11) is 2.00. The number of hydrogen-bond acceptors (Lipinski definition) is 2. The Bertz CT molecular complexity index is 229. The molecule has 0 radical (unpaired) electrons. The fourth-order valence-electron chi connectivity index (χ4n) is 1.32. The summed E-state index contributed by atoms with van der Waals surface area (Å²) in [6, 6.07) is 0.413. The second-order valence-corrected chi connectivity index (χ2v) is 2.98. The third-order valence-corrected chi connectivity index (χ3v) is 1.94. The number of rotatable bonds is 4. The van der Waals surface area contributed by atoms with Gasteiger partial charge >= 0.3 is 0 Å². The first-order valence-corrected chi connectivity index (χ1v) is 4.49. The van der Waals surface area contributed by atoms with Crippen molar-refractivity contribution in [1.82, 2.24) is 14.9 Å². The first-order chi connectivity index (χ1) is 5.77. The van der Waals surface area contributed by atoms with Gasteiger partial charge in [-0.15, -0.1) is 0 Å². The van der Waals surface area contributed by atoms with Crippen molar-refractivity contribution in [2.75, 3.05) is 6.54 Å². The van der Waals surface area contributed by atoms with Gasteiger partial charge in [-0.05, 0) is 13.0 Å². The summed E-state index contributed by atoms with van der Waals surface area (Å²) in [6.45, 7) is 5.28. The molecule has 1 unspecified atom stereocenters. The van der Waals surface area contributed by atoms with Crippen molar-refractivity contribution in [2.45, 2.75) is 26.3 Å². The van der Waals surface area contributed by atoms with E-state index in [2.05, 4.69) is 30.3 Å². The third kappa shape index (κ3) is 2.08. The maximum absolute atomic E-state index is 4.31. The Morgan fingerprint density at radius 1 is 1.58 bits per heavy atom. The largest absolute Gasteiger partial charge is 0.340 e. The lowest BCUT2D eigenvalue weighted by Crippen LogP contribution is -2.20. The van der Waals surface area contributed by atoms with Gasteiger partial charge in [0.25, 0.3) is 0 Å². The third-order valence-electron chi connectivity index (χ3n) is 1.94. The molecule has 0 bridgehead atoms. The summed E-state index contributed by atoms with van der Waals surface area (Å²) >= 11 is 0. The summed E-state index contributed by atoms with van der Waals surface area (Å²) in [5.41, 5.74) is 1.14. The van der Waals surface area contributed by atoms with Crippen LogP contribution in [0.1, 0.15) is 32.0 Å². The van der Waals surface area contributed by atoms with E-state index in [0.717, 1.165) is 18.7 Å². The van der Waals surface area contributed by atoms with Crippen LogP contribution in [0.25, 0.3) is 0 Å². The molecule has 1 atom stereocenters. The molecule has 0 aliphatic rings. The molecule has 0 aliphatic carbocycles. The van der Waals surface area contributed by atoms with Gasteiger partial charge in [0.15, 0.2) is 0 Å². The molecule has 0 saturated heterocycles. The van der Waals surface area contributed by atoms with E-state index in [1.807, 2.05) is 17.9 Å². The Morgan fingerprint density at radius 3 is 2.75 bits per heavy atom. The highest BCUT2D eigenvalue weighted by Gasteiger charge is 2.09. The summed E-state index contributed by atoms with van der Waals surface area (Å²) in [6.07, 6.45) is 5.00. The van der Waals surface area contributed by atoms with Crippen LogP contribution in [0.2, 0.25) is 0 Å². The normalized spacial score (nSPS) is 13.2. The van der Waals surface area contributed by atoms with Crippen molar-refractivity contribution in [1.29, 1.82) is 0 Å². The lowest BCUT2D eigenvalue weighted by Gasteiger charge is -2.12. The molecule has 3 heteroatoms. The maximum Gasteiger partial charge on any atom is 0.0947 e. The SMILES string of the molecule is CCNC(CC)c1cn(C)cn1. The van der Waals surface area contributed by atoms with Crippen LogP contribution in [0.4, 0.5) is 0 Å². The van der Waals surface area contributed by atoms with Gasteiger partial charge in [0.05, 0.1) is 18.1 Å². The zero-order chi connectivity index (χ0) is 8.97. The van der Waals surface area contributed by atoms with E-state index in [-0.39, 0.29) is 0 Å². The van der Waals surface area contributed by atoms with Crippen LogP contribution in [0.3, 0.4) is 0 Å². The molecule has 1 aromatic heterocycles. The summed E-state index contributed by atoms with van der Waals surface area (Å²) in [5, 5.41) is 3.39. The quantitative estimate of drug-likeness (QED) is 0.736. The van der Waals surface area contributed by atoms with Crippen molar-refractivity contribution in [3.8, 4) is 0 Å². The Labute approximate surface area is 73.8 Å². The Morgan fingerprint density at radius 2 is 2.33 bits per heavy atom. The van der Waals surface area contributed by atoms with E-state index in [9.17, 15) is 0 Å². The lowest BCUT2D eigenvalue weighted by atomic mass is 10.2. The van der Waals surface area contributed by atoms with Crippen molar-refractivity contribution < 1.29 is 0 Å². The van der Waals surface area contributed by atoms with Crippen molar-refractivity contribution in [3.63, 3.8) is 0 Å². The molecule has 1 heterocycles. The minimum Gasteiger partial charge on any atom is -0.340 e. The predicted molar refractivity (Wildman–Crippen MR) is 49.9 cm³/mol. The number of aromatic nitrogens is 2. The highest BCUT2D eigenvalue weighted by Crippen LogP contribution is 2.12. The number of nitrogens with zero attached hydrogens (tertiary/aromatic N) is 2. The van der Waals surface area contributed by atoms with Crippen molar-refractivity contribution in [2.24, 2.45) is 7.05 Å². The van der Waals surface area contributed by atoms with Gasteiger partial charge in [0, 0.05) is 13.2 Å². The molecule has 0 saturated carbocycles. The van der Waals surface area contributed by atoms with Crippen LogP contribution in [-0.2, 0) is 7.05 Å². The van der Waals surface area contributed by atoms with Crippen molar-refractivity contribution in [3.05, 3.63) is 18.2 Å². The summed E-state index contributed by atoms with van der Waals surface area (Å²) in [4.78, 5) is 4.31. The van der Waals surface area contributed by atoms with Gasteiger partial charge < -0.3 is 9.88 Å². The standard InChI is InChI=1S/C9H17N3/c1-4-8(10-5-2)9-6-12(3)7-11-9/h6-8,10H,4-5H2,1-3H3. The van der Waals surface area contributed by atoms with Crippen LogP contribution in [0.15, 0.2) is 12.5 Å². The molecule has 1 rings (SSSR count). The fourth-order valence-corrected chi connectivity index (χ4v) is 1.32. The minimum absolute atomic E-state index is 0.413. The van der Waals surface area contributed by atoms with Gasteiger partial charge in [0.2, 0.25) is 0 Å². The van der Waals surface area contributed by atoms with E-state index in [0.29, 0.717) is 6.04 Å². The molecule has 0 fully saturated rings. The molecule has 1 aromatic rings.